The summed E-state index contributed by atoms with van der Waals surface area (Å²) in [7, 11) is 2.05. The highest BCUT2D eigenvalue weighted by Gasteiger charge is 2.25. The van der Waals surface area contributed by atoms with E-state index in [2.05, 4.69) is 41.7 Å². The highest BCUT2D eigenvalue weighted by atomic mass is 15.2. The molecule has 1 aromatic heterocycles. The van der Waals surface area contributed by atoms with Crippen molar-refractivity contribution in [3.05, 3.63) is 23.9 Å². The lowest BCUT2D eigenvalue weighted by atomic mass is 10.0. The van der Waals surface area contributed by atoms with Gasteiger partial charge in [-0.3, -0.25) is 0 Å². The summed E-state index contributed by atoms with van der Waals surface area (Å²) < 4.78 is 0. The topological polar surface area (TPSA) is 43.2 Å². The third kappa shape index (κ3) is 3.05. The molecule has 0 aliphatic carbocycles. The molecular weight excluding hydrogens is 236 g/mol. The van der Waals surface area contributed by atoms with Crippen molar-refractivity contribution >= 4 is 5.82 Å². The summed E-state index contributed by atoms with van der Waals surface area (Å²) in [6, 6.07) is 6.98. The number of rotatable bonds is 3. The maximum atomic E-state index is 9.16. The van der Waals surface area contributed by atoms with Crippen LogP contribution in [0, 0.1) is 11.3 Å². The van der Waals surface area contributed by atoms with Crippen LogP contribution in [0.4, 0.5) is 5.82 Å². The smallest absolute Gasteiger partial charge is 0.146 e. The van der Waals surface area contributed by atoms with E-state index in [4.69, 9.17) is 5.26 Å². The van der Waals surface area contributed by atoms with Crippen molar-refractivity contribution in [3.63, 3.8) is 0 Å². The first-order chi connectivity index (χ1) is 9.13. The second kappa shape index (κ2) is 6.03. The van der Waals surface area contributed by atoms with Crippen LogP contribution in [0.15, 0.2) is 18.3 Å². The number of piperidine rings is 1. The average molecular weight is 258 g/mol. The Morgan fingerprint density at radius 1 is 1.42 bits per heavy atom. The molecule has 4 heteroatoms. The average Bonchev–Trinajstić information content (AvgIpc) is 2.46. The van der Waals surface area contributed by atoms with E-state index in [0.29, 0.717) is 17.6 Å². The van der Waals surface area contributed by atoms with Gasteiger partial charge in [-0.25, -0.2) is 4.98 Å². The van der Waals surface area contributed by atoms with Crippen LogP contribution in [-0.2, 0) is 0 Å². The number of anilines is 1. The van der Waals surface area contributed by atoms with E-state index in [9.17, 15) is 0 Å². The molecule has 4 nitrogen and oxygen atoms in total. The van der Waals surface area contributed by atoms with Gasteiger partial charge < -0.3 is 9.80 Å². The normalized spacial score (nSPS) is 17.4. The number of hydrogen-bond donors (Lipinski definition) is 0. The molecule has 0 amide bonds. The molecule has 0 unspecified atom stereocenters. The van der Waals surface area contributed by atoms with E-state index in [1.165, 1.54) is 0 Å². The van der Waals surface area contributed by atoms with Gasteiger partial charge in [0.15, 0.2) is 0 Å². The molecule has 1 saturated heterocycles. The Balaban J connectivity index is 2.05. The lowest BCUT2D eigenvalue weighted by Crippen LogP contribution is -2.46. The van der Waals surface area contributed by atoms with Crippen LogP contribution in [0.1, 0.15) is 32.3 Å². The van der Waals surface area contributed by atoms with Crippen molar-refractivity contribution in [3.8, 4) is 6.07 Å². The molecule has 0 bridgehead atoms. The summed E-state index contributed by atoms with van der Waals surface area (Å²) in [4.78, 5) is 9.05. The standard InChI is InChI=1S/C15H22N4/c1-12(2)19-9-6-14(7-10-19)18(3)15-13(11-16)5-4-8-17-15/h4-5,8,12,14H,6-7,9-10H2,1-3H3. The predicted octanol–water partition coefficient (Wildman–Crippen LogP) is 2.26. The van der Waals surface area contributed by atoms with Gasteiger partial charge in [0.2, 0.25) is 0 Å². The monoisotopic (exact) mass is 258 g/mol. The SMILES string of the molecule is CC(C)N1CCC(N(C)c2ncccc2C#N)CC1. The first-order valence-corrected chi connectivity index (χ1v) is 6.95. The van der Waals surface area contributed by atoms with Gasteiger partial charge in [-0.2, -0.15) is 5.26 Å². The van der Waals surface area contributed by atoms with Crippen molar-refractivity contribution in [1.29, 1.82) is 5.26 Å². The van der Waals surface area contributed by atoms with Crippen LogP contribution in [0.3, 0.4) is 0 Å². The van der Waals surface area contributed by atoms with E-state index in [1.54, 1.807) is 6.20 Å². The molecule has 1 aliphatic rings. The zero-order valence-electron chi connectivity index (χ0n) is 12.0. The molecule has 0 spiro atoms. The number of nitriles is 1. The molecule has 2 heterocycles. The molecule has 1 aliphatic heterocycles. The van der Waals surface area contributed by atoms with Crippen molar-refractivity contribution in [2.75, 3.05) is 25.0 Å². The maximum absolute atomic E-state index is 9.16. The lowest BCUT2D eigenvalue weighted by molar-refractivity contribution is 0.171. The van der Waals surface area contributed by atoms with Crippen molar-refractivity contribution < 1.29 is 0 Å². The molecule has 102 valence electrons. The molecule has 19 heavy (non-hydrogen) atoms. The summed E-state index contributed by atoms with van der Waals surface area (Å²) in [6.07, 6.45) is 4.03. The van der Waals surface area contributed by atoms with Gasteiger partial charge in [-0.1, -0.05) is 0 Å². The molecule has 1 fully saturated rings. The third-order valence-electron chi connectivity index (χ3n) is 4.02. The number of aromatic nitrogens is 1. The molecule has 2 rings (SSSR count). The Kier molecular flexibility index (Phi) is 4.39. The van der Waals surface area contributed by atoms with Gasteiger partial charge in [0.05, 0.1) is 5.56 Å². The maximum Gasteiger partial charge on any atom is 0.146 e. The molecule has 0 aromatic carbocycles. The van der Waals surface area contributed by atoms with Gasteiger partial charge in [-0.05, 0) is 38.8 Å². The summed E-state index contributed by atoms with van der Waals surface area (Å²) in [5.74, 6) is 0.813. The summed E-state index contributed by atoms with van der Waals surface area (Å²) in [5, 5.41) is 9.16. The Hall–Kier alpha value is -1.60. The molecule has 0 atom stereocenters. The second-order valence-electron chi connectivity index (χ2n) is 5.46. The van der Waals surface area contributed by atoms with E-state index in [1.807, 2.05) is 12.1 Å². The predicted molar refractivity (Wildman–Crippen MR) is 77.1 cm³/mol. The van der Waals surface area contributed by atoms with E-state index < -0.39 is 0 Å². The Bertz CT molecular complexity index is 455. The largest absolute Gasteiger partial charge is 0.356 e. The first-order valence-electron chi connectivity index (χ1n) is 6.95. The highest BCUT2D eigenvalue weighted by molar-refractivity contribution is 5.53. The van der Waals surface area contributed by atoms with Crippen molar-refractivity contribution in [2.24, 2.45) is 0 Å². The second-order valence-corrected chi connectivity index (χ2v) is 5.46. The van der Waals surface area contributed by atoms with Crippen LogP contribution in [-0.4, -0.2) is 42.1 Å². The van der Waals surface area contributed by atoms with Crippen LogP contribution < -0.4 is 4.90 Å². The van der Waals surface area contributed by atoms with E-state index in [0.717, 1.165) is 31.7 Å². The summed E-state index contributed by atoms with van der Waals surface area (Å²) >= 11 is 0. The van der Waals surface area contributed by atoms with Crippen molar-refractivity contribution in [2.45, 2.75) is 38.8 Å². The van der Waals surface area contributed by atoms with Crippen LogP contribution in [0.5, 0.6) is 0 Å². The number of nitrogens with zero attached hydrogens (tertiary/aromatic N) is 4. The lowest BCUT2D eigenvalue weighted by Gasteiger charge is -2.39. The van der Waals surface area contributed by atoms with Crippen molar-refractivity contribution in [1.82, 2.24) is 9.88 Å². The molecule has 0 N–H and O–H groups in total. The van der Waals surface area contributed by atoms with Gasteiger partial charge in [0.25, 0.3) is 0 Å². The summed E-state index contributed by atoms with van der Waals surface area (Å²) in [5.41, 5.74) is 0.663. The molecule has 0 radical (unpaired) electrons. The summed E-state index contributed by atoms with van der Waals surface area (Å²) in [6.45, 7) is 6.75. The Labute approximate surface area is 115 Å². The van der Waals surface area contributed by atoms with Crippen LogP contribution in [0.2, 0.25) is 0 Å². The molecular formula is C15H22N4. The highest BCUT2D eigenvalue weighted by Crippen LogP contribution is 2.23. The van der Waals surface area contributed by atoms with E-state index >= 15 is 0 Å². The van der Waals surface area contributed by atoms with Gasteiger partial charge >= 0.3 is 0 Å². The third-order valence-corrected chi connectivity index (χ3v) is 4.02. The van der Waals surface area contributed by atoms with Gasteiger partial charge in [-0.15, -0.1) is 0 Å². The first kappa shape index (κ1) is 13.8. The minimum absolute atomic E-state index is 0.483. The zero-order chi connectivity index (χ0) is 13.8. The number of pyridine rings is 1. The fourth-order valence-corrected chi connectivity index (χ4v) is 2.73. The minimum atomic E-state index is 0.483. The minimum Gasteiger partial charge on any atom is -0.356 e. The van der Waals surface area contributed by atoms with Gasteiger partial charge in [0.1, 0.15) is 11.9 Å². The van der Waals surface area contributed by atoms with E-state index in [-0.39, 0.29) is 0 Å². The van der Waals surface area contributed by atoms with Gasteiger partial charge in [0, 0.05) is 38.4 Å². The Morgan fingerprint density at radius 3 is 2.68 bits per heavy atom. The van der Waals surface area contributed by atoms with Crippen LogP contribution in [0.25, 0.3) is 0 Å². The fraction of sp³-hybridized carbons (Fsp3) is 0.600. The quantitative estimate of drug-likeness (QED) is 0.834. The number of likely N-dealkylation sites (tertiary alicyclic amines) is 1. The Morgan fingerprint density at radius 2 is 2.11 bits per heavy atom. The number of hydrogen-bond acceptors (Lipinski definition) is 4. The van der Waals surface area contributed by atoms with Crippen LogP contribution >= 0.6 is 0 Å². The molecule has 1 aromatic rings. The zero-order valence-corrected chi connectivity index (χ0v) is 12.0. The fourth-order valence-electron chi connectivity index (χ4n) is 2.73. The molecule has 0 saturated carbocycles.